The minimum Gasteiger partial charge on any atom is -0.481 e. The van der Waals surface area contributed by atoms with E-state index in [0.29, 0.717) is 13.0 Å². The average molecular weight is 345 g/mol. The highest BCUT2D eigenvalue weighted by Crippen LogP contribution is 2.30. The third kappa shape index (κ3) is 3.79. The van der Waals surface area contributed by atoms with Crippen molar-refractivity contribution in [2.45, 2.75) is 45.3 Å². The third-order valence-corrected chi connectivity index (χ3v) is 5.70. The number of carboxylic acids is 1. The van der Waals surface area contributed by atoms with Gasteiger partial charge in [-0.15, -0.1) is 0 Å². The first-order valence-corrected chi connectivity index (χ1v) is 8.96. The van der Waals surface area contributed by atoms with E-state index in [9.17, 15) is 14.7 Å². The van der Waals surface area contributed by atoms with Crippen molar-refractivity contribution in [2.24, 2.45) is 5.41 Å². The average Bonchev–Trinajstić information content (AvgIpc) is 3.15. The van der Waals surface area contributed by atoms with E-state index >= 15 is 0 Å². The second kappa shape index (κ2) is 7.04. The summed E-state index contributed by atoms with van der Waals surface area (Å²) in [5.74, 6) is -0.828. The van der Waals surface area contributed by atoms with Crippen molar-refractivity contribution in [3.8, 4) is 0 Å². The van der Waals surface area contributed by atoms with E-state index in [1.54, 1.807) is 11.8 Å². The van der Waals surface area contributed by atoms with Crippen molar-refractivity contribution in [1.82, 2.24) is 15.1 Å². The van der Waals surface area contributed by atoms with Crippen LogP contribution >= 0.6 is 0 Å². The number of urea groups is 1. The van der Waals surface area contributed by atoms with Crippen molar-refractivity contribution in [3.05, 3.63) is 35.9 Å². The largest absolute Gasteiger partial charge is 0.481 e. The summed E-state index contributed by atoms with van der Waals surface area (Å²) >= 11 is 0. The molecular formula is C19H27N3O3. The number of aliphatic carboxylic acids is 1. The molecule has 2 aliphatic rings. The van der Waals surface area contributed by atoms with Crippen LogP contribution in [0.1, 0.15) is 32.3 Å². The molecule has 2 N–H and O–H groups in total. The van der Waals surface area contributed by atoms with Crippen LogP contribution in [0.4, 0.5) is 4.79 Å². The number of carboxylic acid groups (broad SMARTS) is 1. The van der Waals surface area contributed by atoms with Crippen LogP contribution in [0.5, 0.6) is 0 Å². The molecule has 1 aromatic carbocycles. The highest BCUT2D eigenvalue weighted by molar-refractivity contribution is 5.79. The van der Waals surface area contributed by atoms with Gasteiger partial charge in [-0.2, -0.15) is 0 Å². The number of nitrogens with zero attached hydrogens (tertiary/aromatic N) is 2. The number of hydrogen-bond donors (Lipinski definition) is 2. The van der Waals surface area contributed by atoms with Crippen molar-refractivity contribution < 1.29 is 14.7 Å². The van der Waals surface area contributed by atoms with E-state index in [1.807, 2.05) is 18.2 Å². The molecule has 1 aromatic rings. The lowest BCUT2D eigenvalue weighted by Gasteiger charge is -2.27. The third-order valence-electron chi connectivity index (χ3n) is 5.70. The number of carbonyl (C=O) groups is 2. The molecule has 0 saturated carbocycles. The highest BCUT2D eigenvalue weighted by atomic mass is 16.4. The lowest BCUT2D eigenvalue weighted by molar-refractivity contribution is -0.147. The first-order chi connectivity index (χ1) is 11.9. The van der Waals surface area contributed by atoms with Gasteiger partial charge in [-0.1, -0.05) is 30.3 Å². The van der Waals surface area contributed by atoms with Crippen molar-refractivity contribution >= 4 is 12.0 Å². The number of nitrogens with one attached hydrogen (secondary N) is 1. The van der Waals surface area contributed by atoms with Gasteiger partial charge in [0.15, 0.2) is 0 Å². The SMILES string of the molecule is CC1C(NC(=O)N2CCC(C)(C(=O)O)C2)CCN1Cc1ccccc1. The summed E-state index contributed by atoms with van der Waals surface area (Å²) in [7, 11) is 0. The van der Waals surface area contributed by atoms with Gasteiger partial charge in [0.1, 0.15) is 0 Å². The molecule has 0 radical (unpaired) electrons. The van der Waals surface area contributed by atoms with Crippen molar-refractivity contribution in [3.63, 3.8) is 0 Å². The predicted molar refractivity (Wildman–Crippen MR) is 95.2 cm³/mol. The molecule has 3 unspecified atom stereocenters. The van der Waals surface area contributed by atoms with E-state index in [0.717, 1.165) is 19.5 Å². The summed E-state index contributed by atoms with van der Waals surface area (Å²) in [5.41, 5.74) is 0.455. The fourth-order valence-electron chi connectivity index (χ4n) is 3.80. The van der Waals surface area contributed by atoms with Crippen LogP contribution in [0.25, 0.3) is 0 Å². The first kappa shape index (κ1) is 17.7. The van der Waals surface area contributed by atoms with Crippen LogP contribution in [-0.4, -0.2) is 58.6 Å². The Kier molecular flexibility index (Phi) is 4.99. The molecule has 136 valence electrons. The summed E-state index contributed by atoms with van der Waals surface area (Å²) in [6.45, 7) is 6.48. The monoisotopic (exact) mass is 345 g/mol. The van der Waals surface area contributed by atoms with Gasteiger partial charge in [0, 0.05) is 38.3 Å². The molecule has 2 fully saturated rings. The molecule has 3 atom stereocenters. The van der Waals surface area contributed by atoms with Gasteiger partial charge in [-0.25, -0.2) is 4.79 Å². The number of likely N-dealkylation sites (tertiary alicyclic amines) is 2. The molecule has 25 heavy (non-hydrogen) atoms. The van der Waals surface area contributed by atoms with E-state index in [1.165, 1.54) is 5.56 Å². The van der Waals surface area contributed by atoms with Crippen LogP contribution in [0.15, 0.2) is 30.3 Å². The highest BCUT2D eigenvalue weighted by Gasteiger charge is 2.43. The minimum absolute atomic E-state index is 0.105. The Hall–Kier alpha value is -2.08. The summed E-state index contributed by atoms with van der Waals surface area (Å²) in [6, 6.07) is 10.6. The molecule has 2 aliphatic heterocycles. The number of rotatable bonds is 4. The summed E-state index contributed by atoms with van der Waals surface area (Å²) in [5, 5.41) is 12.4. The number of carbonyl (C=O) groups excluding carboxylic acids is 1. The topological polar surface area (TPSA) is 72.9 Å². The van der Waals surface area contributed by atoms with Gasteiger partial charge >= 0.3 is 12.0 Å². The van der Waals surface area contributed by atoms with E-state index < -0.39 is 11.4 Å². The molecule has 2 saturated heterocycles. The zero-order valence-corrected chi connectivity index (χ0v) is 14.9. The predicted octanol–water partition coefficient (Wildman–Crippen LogP) is 2.16. The first-order valence-electron chi connectivity index (χ1n) is 8.96. The molecule has 0 aliphatic carbocycles. The van der Waals surface area contributed by atoms with Crippen LogP contribution in [-0.2, 0) is 11.3 Å². The van der Waals surface area contributed by atoms with Gasteiger partial charge in [-0.3, -0.25) is 9.69 Å². The van der Waals surface area contributed by atoms with Gasteiger partial charge in [-0.05, 0) is 32.3 Å². The molecule has 6 heteroatoms. The Morgan fingerprint density at radius 1 is 1.28 bits per heavy atom. The van der Waals surface area contributed by atoms with Crippen LogP contribution < -0.4 is 5.32 Å². The molecule has 2 amide bonds. The Bertz CT molecular complexity index is 636. The van der Waals surface area contributed by atoms with Gasteiger partial charge in [0.05, 0.1) is 5.41 Å². The molecular weight excluding hydrogens is 318 g/mol. The van der Waals surface area contributed by atoms with E-state index in [2.05, 4.69) is 29.3 Å². The van der Waals surface area contributed by atoms with Crippen molar-refractivity contribution in [1.29, 1.82) is 0 Å². The lowest BCUT2D eigenvalue weighted by Crippen LogP contribution is -2.48. The van der Waals surface area contributed by atoms with E-state index in [4.69, 9.17) is 0 Å². The fourth-order valence-corrected chi connectivity index (χ4v) is 3.80. The molecule has 3 rings (SSSR count). The Morgan fingerprint density at radius 3 is 2.64 bits per heavy atom. The lowest BCUT2D eigenvalue weighted by atomic mass is 9.90. The molecule has 0 bridgehead atoms. The summed E-state index contributed by atoms with van der Waals surface area (Å²) in [4.78, 5) is 27.9. The summed E-state index contributed by atoms with van der Waals surface area (Å²) < 4.78 is 0. The zero-order valence-electron chi connectivity index (χ0n) is 14.9. The van der Waals surface area contributed by atoms with Crippen LogP contribution in [0, 0.1) is 5.41 Å². The maximum Gasteiger partial charge on any atom is 0.317 e. The Morgan fingerprint density at radius 2 is 2.00 bits per heavy atom. The van der Waals surface area contributed by atoms with E-state index in [-0.39, 0.29) is 24.7 Å². The van der Waals surface area contributed by atoms with Gasteiger partial charge in [0.25, 0.3) is 0 Å². The maximum atomic E-state index is 12.5. The maximum absolute atomic E-state index is 12.5. The Labute approximate surface area is 148 Å². The number of hydrogen-bond acceptors (Lipinski definition) is 3. The molecule has 2 heterocycles. The molecule has 0 spiro atoms. The van der Waals surface area contributed by atoms with Gasteiger partial charge in [0.2, 0.25) is 0 Å². The Balaban J connectivity index is 1.54. The van der Waals surface area contributed by atoms with Crippen LogP contribution in [0.2, 0.25) is 0 Å². The standard InChI is InChI=1S/C19H27N3O3/c1-14-16(8-10-21(14)12-15-6-4-3-5-7-15)20-18(25)22-11-9-19(2,13-22)17(23)24/h3-7,14,16H,8-13H2,1-2H3,(H,20,25)(H,23,24). The van der Waals surface area contributed by atoms with Gasteiger partial charge < -0.3 is 15.3 Å². The minimum atomic E-state index is -0.828. The quantitative estimate of drug-likeness (QED) is 0.877. The second-order valence-corrected chi connectivity index (χ2v) is 7.58. The number of amides is 2. The van der Waals surface area contributed by atoms with Crippen LogP contribution in [0.3, 0.4) is 0 Å². The van der Waals surface area contributed by atoms with Crippen molar-refractivity contribution in [2.75, 3.05) is 19.6 Å². The molecule has 6 nitrogen and oxygen atoms in total. The molecule has 0 aromatic heterocycles. The smallest absolute Gasteiger partial charge is 0.317 e. The fraction of sp³-hybridized carbons (Fsp3) is 0.579. The number of benzene rings is 1. The summed E-state index contributed by atoms with van der Waals surface area (Å²) in [6.07, 6.45) is 1.43. The normalized spacial score (nSPS) is 29.8. The second-order valence-electron chi connectivity index (χ2n) is 7.58. The zero-order chi connectivity index (χ0) is 18.0.